The lowest BCUT2D eigenvalue weighted by atomic mass is 9.82. The lowest BCUT2D eigenvalue weighted by molar-refractivity contribution is -0.160. The average molecular weight is 257 g/mol. The normalized spacial score (nSPS) is 13.8. The maximum absolute atomic E-state index is 11.8. The van der Waals surface area contributed by atoms with Gasteiger partial charge in [-0.3, -0.25) is 9.59 Å². The molecule has 4 nitrogen and oxygen atoms in total. The van der Waals surface area contributed by atoms with Gasteiger partial charge < -0.3 is 9.84 Å². The number of ether oxygens (including phenoxy) is 1. The Labute approximate surface area is 104 Å². The minimum Gasteiger partial charge on any atom is -0.480 e. The number of carbonyl (C=O) groups excluding carboxylic acids is 1. The van der Waals surface area contributed by atoms with Gasteiger partial charge in [0.05, 0.1) is 6.61 Å². The monoisotopic (exact) mass is 256 g/mol. The van der Waals surface area contributed by atoms with E-state index in [-0.39, 0.29) is 6.61 Å². The van der Waals surface area contributed by atoms with Crippen molar-refractivity contribution < 1.29 is 19.4 Å². The number of aliphatic carboxylic acids is 1. The molecule has 1 N–H and O–H groups in total. The van der Waals surface area contributed by atoms with Crippen molar-refractivity contribution in [2.45, 2.75) is 19.3 Å². The third-order valence-corrected chi connectivity index (χ3v) is 2.78. The van der Waals surface area contributed by atoms with Gasteiger partial charge in [0.1, 0.15) is 0 Å². The minimum atomic E-state index is -1.71. The number of hydrogen-bond acceptors (Lipinski definition) is 3. The lowest BCUT2D eigenvalue weighted by Gasteiger charge is -2.22. The molecule has 1 atom stereocenters. The molecule has 17 heavy (non-hydrogen) atoms. The second-order valence-corrected chi connectivity index (χ2v) is 4.09. The van der Waals surface area contributed by atoms with E-state index in [1.54, 1.807) is 6.92 Å². The quantitative estimate of drug-likeness (QED) is 0.663. The second-order valence-electron chi connectivity index (χ2n) is 3.66. The topological polar surface area (TPSA) is 63.6 Å². The summed E-state index contributed by atoms with van der Waals surface area (Å²) in [5.41, 5.74) is -1.37. The SMILES string of the molecule is CCOC(=O)C(C)(C(=O)O)c1ccc(Cl)cc1. The van der Waals surface area contributed by atoms with Crippen LogP contribution in [0, 0.1) is 0 Å². The first-order valence-corrected chi connectivity index (χ1v) is 5.47. The Kier molecular flexibility index (Phi) is 4.12. The highest BCUT2D eigenvalue weighted by Gasteiger charge is 2.44. The van der Waals surface area contributed by atoms with Crippen molar-refractivity contribution in [1.29, 1.82) is 0 Å². The van der Waals surface area contributed by atoms with Gasteiger partial charge in [-0.05, 0) is 31.5 Å². The summed E-state index contributed by atoms with van der Waals surface area (Å²) in [6.45, 7) is 3.08. The predicted octanol–water partition coefficient (Wildman–Crippen LogP) is 2.25. The highest BCUT2D eigenvalue weighted by molar-refractivity contribution is 6.30. The van der Waals surface area contributed by atoms with Crippen LogP contribution in [-0.2, 0) is 19.7 Å². The van der Waals surface area contributed by atoms with E-state index in [0.29, 0.717) is 10.6 Å². The van der Waals surface area contributed by atoms with Crippen LogP contribution in [0.4, 0.5) is 0 Å². The zero-order valence-corrected chi connectivity index (χ0v) is 10.3. The first-order valence-electron chi connectivity index (χ1n) is 5.09. The van der Waals surface area contributed by atoms with Gasteiger partial charge in [0, 0.05) is 5.02 Å². The van der Waals surface area contributed by atoms with Gasteiger partial charge in [-0.1, -0.05) is 23.7 Å². The number of halogens is 1. The number of carboxylic acids is 1. The fraction of sp³-hybridized carbons (Fsp3) is 0.333. The van der Waals surface area contributed by atoms with Crippen LogP contribution in [-0.4, -0.2) is 23.7 Å². The Morgan fingerprint density at radius 2 is 1.88 bits per heavy atom. The molecule has 0 radical (unpaired) electrons. The summed E-state index contributed by atoms with van der Waals surface area (Å²) >= 11 is 5.72. The maximum atomic E-state index is 11.8. The third-order valence-electron chi connectivity index (χ3n) is 2.53. The molecule has 0 heterocycles. The molecule has 0 aliphatic heterocycles. The molecule has 92 valence electrons. The Bertz CT molecular complexity index is 427. The molecule has 0 bridgehead atoms. The summed E-state index contributed by atoms with van der Waals surface area (Å²) in [4.78, 5) is 23.0. The molecule has 0 aliphatic carbocycles. The number of rotatable bonds is 4. The first-order chi connectivity index (χ1) is 7.92. The molecule has 1 aromatic rings. The van der Waals surface area contributed by atoms with Crippen LogP contribution in [0.15, 0.2) is 24.3 Å². The van der Waals surface area contributed by atoms with Gasteiger partial charge in [0.25, 0.3) is 0 Å². The Balaban J connectivity index is 3.20. The van der Waals surface area contributed by atoms with Crippen LogP contribution in [0.25, 0.3) is 0 Å². The molecule has 0 aliphatic rings. The molecule has 0 saturated carbocycles. The summed E-state index contributed by atoms with van der Waals surface area (Å²) in [6, 6.07) is 6.09. The van der Waals surface area contributed by atoms with Crippen molar-refractivity contribution in [3.8, 4) is 0 Å². The predicted molar refractivity (Wildman–Crippen MR) is 63.1 cm³/mol. The highest BCUT2D eigenvalue weighted by Crippen LogP contribution is 2.27. The highest BCUT2D eigenvalue weighted by atomic mass is 35.5. The molecule has 1 unspecified atom stereocenters. The van der Waals surface area contributed by atoms with Crippen molar-refractivity contribution in [2.75, 3.05) is 6.61 Å². The smallest absolute Gasteiger partial charge is 0.327 e. The van der Waals surface area contributed by atoms with Gasteiger partial charge in [-0.15, -0.1) is 0 Å². The third kappa shape index (κ3) is 2.58. The van der Waals surface area contributed by atoms with Crippen LogP contribution in [0.5, 0.6) is 0 Å². The van der Waals surface area contributed by atoms with E-state index in [4.69, 9.17) is 16.3 Å². The fourth-order valence-corrected chi connectivity index (χ4v) is 1.51. The molecule has 1 aromatic carbocycles. The van der Waals surface area contributed by atoms with Crippen molar-refractivity contribution in [3.63, 3.8) is 0 Å². The van der Waals surface area contributed by atoms with Crippen LogP contribution in [0.3, 0.4) is 0 Å². The van der Waals surface area contributed by atoms with Crippen LogP contribution in [0.1, 0.15) is 19.4 Å². The summed E-state index contributed by atoms with van der Waals surface area (Å²) in [6.07, 6.45) is 0. The van der Waals surface area contributed by atoms with E-state index < -0.39 is 17.4 Å². The number of esters is 1. The molecular weight excluding hydrogens is 244 g/mol. The molecule has 0 amide bonds. The Morgan fingerprint density at radius 1 is 1.35 bits per heavy atom. The van der Waals surface area contributed by atoms with E-state index in [9.17, 15) is 14.7 Å². The van der Waals surface area contributed by atoms with E-state index in [1.807, 2.05) is 0 Å². The molecule has 5 heteroatoms. The zero-order valence-electron chi connectivity index (χ0n) is 9.57. The Hall–Kier alpha value is -1.55. The largest absolute Gasteiger partial charge is 0.480 e. The first kappa shape index (κ1) is 13.5. The van der Waals surface area contributed by atoms with Gasteiger partial charge in [-0.25, -0.2) is 0 Å². The van der Waals surface area contributed by atoms with E-state index >= 15 is 0 Å². The van der Waals surface area contributed by atoms with E-state index in [2.05, 4.69) is 0 Å². The van der Waals surface area contributed by atoms with Crippen molar-refractivity contribution in [2.24, 2.45) is 0 Å². The van der Waals surface area contributed by atoms with Gasteiger partial charge in [-0.2, -0.15) is 0 Å². The molecule has 0 saturated heterocycles. The molecule has 1 rings (SSSR count). The molecule has 0 aromatic heterocycles. The van der Waals surface area contributed by atoms with E-state index in [0.717, 1.165) is 0 Å². The number of benzene rings is 1. The zero-order chi connectivity index (χ0) is 13.1. The summed E-state index contributed by atoms with van der Waals surface area (Å²) in [7, 11) is 0. The Morgan fingerprint density at radius 3 is 2.29 bits per heavy atom. The maximum Gasteiger partial charge on any atom is 0.327 e. The average Bonchev–Trinajstić information content (AvgIpc) is 2.29. The summed E-state index contributed by atoms with van der Waals surface area (Å²) in [5, 5.41) is 9.70. The van der Waals surface area contributed by atoms with Gasteiger partial charge in [0.15, 0.2) is 5.41 Å². The molecule has 0 spiro atoms. The number of hydrogen-bond donors (Lipinski definition) is 1. The lowest BCUT2D eigenvalue weighted by Crippen LogP contribution is -2.42. The van der Waals surface area contributed by atoms with Crippen LogP contribution in [0.2, 0.25) is 5.02 Å². The van der Waals surface area contributed by atoms with E-state index in [1.165, 1.54) is 31.2 Å². The van der Waals surface area contributed by atoms with Gasteiger partial charge in [0.2, 0.25) is 0 Å². The van der Waals surface area contributed by atoms with Crippen molar-refractivity contribution >= 4 is 23.5 Å². The second kappa shape index (κ2) is 5.19. The number of carbonyl (C=O) groups is 2. The van der Waals surface area contributed by atoms with Crippen LogP contribution < -0.4 is 0 Å². The van der Waals surface area contributed by atoms with Crippen molar-refractivity contribution in [1.82, 2.24) is 0 Å². The van der Waals surface area contributed by atoms with Crippen molar-refractivity contribution in [3.05, 3.63) is 34.9 Å². The number of carboxylic acid groups (broad SMARTS) is 1. The van der Waals surface area contributed by atoms with Crippen LogP contribution >= 0.6 is 11.6 Å². The summed E-state index contributed by atoms with van der Waals surface area (Å²) in [5.74, 6) is -2.03. The summed E-state index contributed by atoms with van der Waals surface area (Å²) < 4.78 is 4.80. The molecular formula is C12H13ClO4. The minimum absolute atomic E-state index is 0.134. The standard InChI is InChI=1S/C12H13ClO4/c1-3-17-11(16)12(2,10(14)15)8-4-6-9(13)7-5-8/h4-7H,3H2,1-2H3,(H,14,15). The molecule has 0 fully saturated rings. The fourth-order valence-electron chi connectivity index (χ4n) is 1.39. The van der Waals surface area contributed by atoms with Gasteiger partial charge >= 0.3 is 11.9 Å².